The third-order valence-corrected chi connectivity index (χ3v) is 9.33. The second-order valence-electron chi connectivity index (χ2n) is 10.1. The van der Waals surface area contributed by atoms with Gasteiger partial charge in [-0.05, 0) is 117 Å². The molecule has 0 heterocycles. The minimum absolute atomic E-state index is 0.0237. The number of hydrogen-bond donors (Lipinski definition) is 4. The molecule has 0 aliphatic carbocycles. The summed E-state index contributed by atoms with van der Waals surface area (Å²) in [5.41, 5.74) is 1.58. The lowest BCUT2D eigenvalue weighted by Gasteiger charge is -2.11. The van der Waals surface area contributed by atoms with Crippen LogP contribution in [0.5, 0.6) is 11.5 Å². The first-order chi connectivity index (χ1) is 22.5. The molecule has 0 atom stereocenters. The Kier molecular flexibility index (Phi) is 11.8. The highest BCUT2D eigenvalue weighted by Crippen LogP contribution is 2.23. The summed E-state index contributed by atoms with van der Waals surface area (Å²) < 4.78 is 66.7. The summed E-state index contributed by atoms with van der Waals surface area (Å²) in [6.45, 7) is 4.72. The van der Waals surface area contributed by atoms with Gasteiger partial charge in [-0.25, -0.2) is 16.8 Å². The molecule has 4 aromatic rings. The van der Waals surface area contributed by atoms with Gasteiger partial charge in [0, 0.05) is 35.6 Å². The fraction of sp³-hybridized carbons (Fsp3) is 0.212. The highest BCUT2D eigenvalue weighted by molar-refractivity contribution is 7.93. The van der Waals surface area contributed by atoms with Crippen LogP contribution in [0.2, 0.25) is 0 Å². The van der Waals surface area contributed by atoms with Gasteiger partial charge in [-0.2, -0.15) is 0 Å². The predicted molar refractivity (Wildman–Crippen MR) is 181 cm³/mol. The van der Waals surface area contributed by atoms with E-state index in [4.69, 9.17) is 9.47 Å². The molecule has 0 saturated heterocycles. The van der Waals surface area contributed by atoms with Gasteiger partial charge in [0.15, 0.2) is 0 Å². The van der Waals surface area contributed by atoms with Crippen LogP contribution in [0.15, 0.2) is 107 Å². The molecule has 0 radical (unpaired) electrons. The first kappa shape index (κ1) is 34.8. The Labute approximate surface area is 274 Å². The number of nitrogens with one attached hydrogen (secondary N) is 4. The summed E-state index contributed by atoms with van der Waals surface area (Å²) in [6, 6.07) is 24.5. The lowest BCUT2D eigenvalue weighted by atomic mass is 10.2. The zero-order valence-electron chi connectivity index (χ0n) is 25.9. The van der Waals surface area contributed by atoms with Crippen LogP contribution in [0, 0.1) is 0 Å². The number of carbonyl (C=O) groups excluding carboxylic acids is 2. The molecule has 0 bridgehead atoms. The minimum atomic E-state index is -3.84. The van der Waals surface area contributed by atoms with Gasteiger partial charge in [-0.1, -0.05) is 0 Å². The number of hydrogen-bond acceptors (Lipinski definition) is 8. The standard InChI is InChI=1S/C33H36N4O8S2/c1-3-44-28-16-8-26(9-17-28)36-46(40,41)30-20-12-24(13-21-30)34-32(38)6-5-7-33(39)35-25-14-22-31(23-15-25)47(42,43)37-27-10-18-29(19-11-27)45-4-2/h8-23,36-37H,3-7H2,1-2H3,(H,34,38)(H,35,39). The quantitative estimate of drug-likeness (QED) is 0.115. The van der Waals surface area contributed by atoms with E-state index in [9.17, 15) is 26.4 Å². The van der Waals surface area contributed by atoms with Crippen LogP contribution in [0.25, 0.3) is 0 Å². The number of sulfonamides is 2. The molecular formula is C33H36N4O8S2. The van der Waals surface area contributed by atoms with E-state index in [-0.39, 0.29) is 40.9 Å². The maximum atomic E-state index is 12.7. The molecule has 0 fully saturated rings. The first-order valence-electron chi connectivity index (χ1n) is 14.8. The summed E-state index contributed by atoms with van der Waals surface area (Å²) in [5.74, 6) is 0.587. The summed E-state index contributed by atoms with van der Waals surface area (Å²) >= 11 is 0. The summed E-state index contributed by atoms with van der Waals surface area (Å²) in [4.78, 5) is 24.9. The maximum absolute atomic E-state index is 12.7. The average Bonchev–Trinajstić information content (AvgIpc) is 3.03. The van der Waals surface area contributed by atoms with Crippen molar-refractivity contribution < 1.29 is 35.9 Å². The molecule has 0 aromatic heterocycles. The van der Waals surface area contributed by atoms with Crippen molar-refractivity contribution >= 4 is 54.6 Å². The second kappa shape index (κ2) is 16.0. The number of anilines is 4. The minimum Gasteiger partial charge on any atom is -0.494 e. The number of ether oxygens (including phenoxy) is 2. The zero-order valence-corrected chi connectivity index (χ0v) is 27.5. The number of rotatable bonds is 16. The van der Waals surface area contributed by atoms with Crippen LogP contribution < -0.4 is 29.6 Å². The van der Waals surface area contributed by atoms with E-state index >= 15 is 0 Å². The Morgan fingerprint density at radius 3 is 1.15 bits per heavy atom. The van der Waals surface area contributed by atoms with Crippen molar-refractivity contribution in [1.82, 2.24) is 0 Å². The number of carbonyl (C=O) groups is 2. The average molecular weight is 681 g/mol. The van der Waals surface area contributed by atoms with Gasteiger partial charge in [-0.15, -0.1) is 0 Å². The molecule has 4 N–H and O–H groups in total. The molecule has 47 heavy (non-hydrogen) atoms. The third-order valence-electron chi connectivity index (χ3n) is 6.54. The van der Waals surface area contributed by atoms with Gasteiger partial charge in [0.2, 0.25) is 11.8 Å². The van der Waals surface area contributed by atoms with E-state index in [1.807, 2.05) is 13.8 Å². The molecule has 4 rings (SSSR count). The highest BCUT2D eigenvalue weighted by Gasteiger charge is 2.16. The van der Waals surface area contributed by atoms with Crippen molar-refractivity contribution in [3.8, 4) is 11.5 Å². The van der Waals surface area contributed by atoms with E-state index in [1.54, 1.807) is 48.5 Å². The normalized spacial score (nSPS) is 11.3. The van der Waals surface area contributed by atoms with Gasteiger partial charge in [0.05, 0.1) is 23.0 Å². The van der Waals surface area contributed by atoms with Crippen molar-refractivity contribution in [2.24, 2.45) is 0 Å². The summed E-state index contributed by atoms with van der Waals surface area (Å²) in [7, 11) is -7.69. The monoisotopic (exact) mass is 680 g/mol. The Morgan fingerprint density at radius 1 is 0.511 bits per heavy atom. The Hall–Kier alpha value is -5.08. The third kappa shape index (κ3) is 10.5. The van der Waals surface area contributed by atoms with E-state index in [2.05, 4.69) is 20.1 Å². The van der Waals surface area contributed by atoms with E-state index < -0.39 is 20.0 Å². The van der Waals surface area contributed by atoms with E-state index in [0.717, 1.165) is 0 Å². The molecule has 0 saturated carbocycles. The maximum Gasteiger partial charge on any atom is 0.261 e. The lowest BCUT2D eigenvalue weighted by molar-refractivity contribution is -0.117. The molecular weight excluding hydrogens is 645 g/mol. The van der Waals surface area contributed by atoms with Gasteiger partial charge in [0.1, 0.15) is 11.5 Å². The van der Waals surface area contributed by atoms with Crippen molar-refractivity contribution in [3.05, 3.63) is 97.1 Å². The SMILES string of the molecule is CCOc1ccc(NS(=O)(=O)c2ccc(NC(=O)CCCC(=O)Nc3ccc(S(=O)(=O)Nc4ccc(OCC)cc4)cc3)cc2)cc1. The highest BCUT2D eigenvalue weighted by atomic mass is 32.2. The zero-order chi connectivity index (χ0) is 33.9. The van der Waals surface area contributed by atoms with Gasteiger partial charge < -0.3 is 20.1 Å². The lowest BCUT2D eigenvalue weighted by Crippen LogP contribution is -2.16. The van der Waals surface area contributed by atoms with Crippen LogP contribution in [0.4, 0.5) is 22.7 Å². The number of amides is 2. The summed E-state index contributed by atoms with van der Waals surface area (Å²) in [5, 5.41) is 5.38. The fourth-order valence-corrected chi connectivity index (χ4v) is 6.41. The molecule has 0 aliphatic rings. The van der Waals surface area contributed by atoms with Crippen LogP contribution in [-0.4, -0.2) is 41.9 Å². The number of benzene rings is 4. The molecule has 4 aromatic carbocycles. The Balaban J connectivity index is 1.20. The second-order valence-corrected chi connectivity index (χ2v) is 13.5. The van der Waals surface area contributed by atoms with Crippen molar-refractivity contribution in [3.63, 3.8) is 0 Å². The van der Waals surface area contributed by atoms with E-state index in [1.165, 1.54) is 48.5 Å². The molecule has 248 valence electrons. The molecule has 12 nitrogen and oxygen atoms in total. The first-order valence-corrected chi connectivity index (χ1v) is 17.8. The van der Waals surface area contributed by atoms with Gasteiger partial charge >= 0.3 is 0 Å². The van der Waals surface area contributed by atoms with Crippen LogP contribution >= 0.6 is 0 Å². The van der Waals surface area contributed by atoms with Gasteiger partial charge in [-0.3, -0.25) is 19.0 Å². The fourth-order valence-electron chi connectivity index (χ4n) is 4.29. The molecule has 0 aliphatic heterocycles. The van der Waals surface area contributed by atoms with Gasteiger partial charge in [0.25, 0.3) is 20.0 Å². The topological polar surface area (TPSA) is 169 Å². The molecule has 14 heteroatoms. The molecule has 0 unspecified atom stereocenters. The predicted octanol–water partition coefficient (Wildman–Crippen LogP) is 5.83. The molecule has 2 amide bonds. The smallest absolute Gasteiger partial charge is 0.261 e. The van der Waals surface area contributed by atoms with E-state index in [0.29, 0.717) is 47.5 Å². The Morgan fingerprint density at radius 2 is 0.830 bits per heavy atom. The molecule has 0 spiro atoms. The van der Waals surface area contributed by atoms with Crippen LogP contribution in [0.1, 0.15) is 33.1 Å². The van der Waals surface area contributed by atoms with Crippen LogP contribution in [0.3, 0.4) is 0 Å². The Bertz CT molecular complexity index is 1720. The van der Waals surface area contributed by atoms with Crippen molar-refractivity contribution in [2.45, 2.75) is 42.9 Å². The van der Waals surface area contributed by atoms with Crippen molar-refractivity contribution in [2.75, 3.05) is 33.3 Å². The summed E-state index contributed by atoms with van der Waals surface area (Å²) in [6.07, 6.45) is 0.372. The van der Waals surface area contributed by atoms with Crippen LogP contribution in [-0.2, 0) is 29.6 Å². The largest absolute Gasteiger partial charge is 0.494 e. The van der Waals surface area contributed by atoms with Crippen molar-refractivity contribution in [1.29, 1.82) is 0 Å².